The summed E-state index contributed by atoms with van der Waals surface area (Å²) in [4.78, 5) is 58.0. The van der Waals surface area contributed by atoms with Gasteiger partial charge in [0.2, 0.25) is 11.8 Å². The number of hydrogen-bond acceptors (Lipinski definition) is 9. The van der Waals surface area contributed by atoms with Gasteiger partial charge in [0.05, 0.1) is 59.3 Å². The number of ether oxygens (including phenoxy) is 4. The number of benzene rings is 1. The Balaban J connectivity index is 1.31. The predicted molar refractivity (Wildman–Crippen MR) is 141 cm³/mol. The average Bonchev–Trinajstić information content (AvgIpc) is 3.25. The molecule has 12 nitrogen and oxygen atoms in total. The Labute approximate surface area is 228 Å². The van der Waals surface area contributed by atoms with Gasteiger partial charge in [0.25, 0.3) is 11.8 Å². The number of hydrogen-bond donors (Lipinski definition) is 2. The molecule has 214 valence electrons. The van der Waals surface area contributed by atoms with Crippen molar-refractivity contribution in [2.24, 2.45) is 0 Å². The minimum absolute atomic E-state index is 0.0448. The summed E-state index contributed by atoms with van der Waals surface area (Å²) in [5, 5.41) is 5.47. The molecule has 0 fully saturated rings. The van der Waals surface area contributed by atoms with Crippen molar-refractivity contribution in [2.75, 3.05) is 71.3 Å². The monoisotopic (exact) mass is 547 g/mol. The van der Waals surface area contributed by atoms with Crippen LogP contribution in [0.15, 0.2) is 36.4 Å². The molecule has 0 unspecified atom stereocenters. The van der Waals surface area contributed by atoms with Crippen molar-refractivity contribution in [2.45, 2.75) is 25.7 Å². The van der Waals surface area contributed by atoms with Crippen LogP contribution < -0.4 is 10.6 Å². The number of imide groups is 1. The zero-order valence-electron chi connectivity index (χ0n) is 22.1. The molecule has 0 bridgehead atoms. The number of rotatable bonds is 22. The molecule has 4 amide bonds. The van der Waals surface area contributed by atoms with Gasteiger partial charge in [0.15, 0.2) is 0 Å². The second-order valence-electron chi connectivity index (χ2n) is 8.41. The number of carbonyl (C=O) groups is 5. The molecule has 12 heteroatoms. The highest BCUT2D eigenvalue weighted by molar-refractivity contribution is 6.13. The lowest BCUT2D eigenvalue weighted by Crippen LogP contribution is -2.35. The molecule has 0 atom stereocenters. The molecule has 0 saturated heterocycles. The van der Waals surface area contributed by atoms with E-state index in [0.29, 0.717) is 71.3 Å². The van der Waals surface area contributed by atoms with Gasteiger partial charge < -0.3 is 34.4 Å². The van der Waals surface area contributed by atoms with Crippen LogP contribution in [0, 0.1) is 0 Å². The highest BCUT2D eigenvalue weighted by atomic mass is 16.6. The summed E-state index contributed by atoms with van der Waals surface area (Å²) in [6, 6.07) is 7.41. The van der Waals surface area contributed by atoms with Gasteiger partial charge in [-0.15, -0.1) is 0 Å². The molecule has 0 saturated carbocycles. The molecule has 1 aromatic rings. The van der Waals surface area contributed by atoms with Crippen molar-refractivity contribution < 1.29 is 42.9 Å². The summed E-state index contributed by atoms with van der Waals surface area (Å²) in [7, 11) is 0. The lowest BCUT2D eigenvalue weighted by atomic mass is 10.1. The third-order valence-electron chi connectivity index (χ3n) is 5.41. The molecule has 0 radical (unpaired) electrons. The van der Waals surface area contributed by atoms with Gasteiger partial charge in [-0.05, 0) is 24.1 Å². The van der Waals surface area contributed by atoms with Crippen LogP contribution in [0.25, 0.3) is 0 Å². The number of amides is 4. The van der Waals surface area contributed by atoms with Crippen LogP contribution in [0.1, 0.15) is 24.8 Å². The Morgan fingerprint density at radius 1 is 0.744 bits per heavy atom. The summed E-state index contributed by atoms with van der Waals surface area (Å²) >= 11 is 0. The van der Waals surface area contributed by atoms with Crippen molar-refractivity contribution in [3.63, 3.8) is 0 Å². The second-order valence-corrected chi connectivity index (χ2v) is 8.41. The van der Waals surface area contributed by atoms with Crippen LogP contribution in [0.5, 0.6) is 0 Å². The molecule has 0 aliphatic carbocycles. The van der Waals surface area contributed by atoms with E-state index in [0.717, 1.165) is 16.7 Å². The van der Waals surface area contributed by atoms with E-state index in [1.165, 1.54) is 12.2 Å². The maximum atomic E-state index is 12.0. The minimum Gasteiger partial charge on any atom is -0.379 e. The van der Waals surface area contributed by atoms with Gasteiger partial charge in [0, 0.05) is 43.8 Å². The second kappa shape index (κ2) is 19.6. The van der Waals surface area contributed by atoms with Crippen LogP contribution in [-0.4, -0.2) is 101 Å². The van der Waals surface area contributed by atoms with Gasteiger partial charge >= 0.3 is 0 Å². The van der Waals surface area contributed by atoms with E-state index >= 15 is 0 Å². The van der Waals surface area contributed by atoms with Gasteiger partial charge in [-0.1, -0.05) is 12.1 Å². The smallest absolute Gasteiger partial charge is 0.253 e. The van der Waals surface area contributed by atoms with E-state index in [9.17, 15) is 24.0 Å². The van der Waals surface area contributed by atoms with Crippen LogP contribution >= 0.6 is 0 Å². The molecule has 2 rings (SSSR count). The zero-order chi connectivity index (χ0) is 28.1. The van der Waals surface area contributed by atoms with Gasteiger partial charge in [0.1, 0.15) is 6.29 Å². The molecular formula is C27H37N3O9. The van der Waals surface area contributed by atoms with E-state index in [4.69, 9.17) is 18.9 Å². The number of aldehydes is 1. The number of anilines is 1. The summed E-state index contributed by atoms with van der Waals surface area (Å²) < 4.78 is 21.6. The zero-order valence-corrected chi connectivity index (χ0v) is 22.1. The molecule has 0 spiro atoms. The fraction of sp³-hybridized carbons (Fsp3) is 0.519. The maximum absolute atomic E-state index is 12.0. The normalized spacial score (nSPS) is 12.7. The Hall–Kier alpha value is -3.45. The summed E-state index contributed by atoms with van der Waals surface area (Å²) in [6.45, 7) is 3.30. The molecule has 1 aromatic carbocycles. The standard InChI is InChI=1S/C27H37N3O9/c31-13-1-2-22-3-5-23(6-4-22)29-25(33)10-14-36-16-18-38-20-21-39-19-17-37-15-11-28-24(32)9-12-30-26(34)7-8-27(30)35/h3-8,13H,1-2,9-12,14-21H2,(H,28,32)(H,29,33). The van der Waals surface area contributed by atoms with Crippen LogP contribution in [0.4, 0.5) is 5.69 Å². The van der Waals surface area contributed by atoms with Gasteiger partial charge in [-0.25, -0.2) is 0 Å². The first-order chi connectivity index (χ1) is 19.0. The maximum Gasteiger partial charge on any atom is 0.253 e. The van der Waals surface area contributed by atoms with Crippen molar-refractivity contribution in [3.05, 3.63) is 42.0 Å². The molecule has 1 aliphatic rings. The van der Waals surface area contributed by atoms with Gasteiger partial charge in [-0.2, -0.15) is 0 Å². The highest BCUT2D eigenvalue weighted by Gasteiger charge is 2.23. The summed E-state index contributed by atoms with van der Waals surface area (Å²) in [5.74, 6) is -1.21. The SMILES string of the molecule is O=CCCc1ccc(NC(=O)CCOCCOCCOCCOCCNC(=O)CCN2C(=O)C=CC2=O)cc1. The van der Waals surface area contributed by atoms with E-state index in [1.54, 1.807) is 0 Å². The van der Waals surface area contributed by atoms with E-state index < -0.39 is 11.8 Å². The summed E-state index contributed by atoms with van der Waals surface area (Å²) in [5.41, 5.74) is 1.75. The molecular weight excluding hydrogens is 510 g/mol. The molecule has 39 heavy (non-hydrogen) atoms. The number of nitrogens with zero attached hydrogens (tertiary/aromatic N) is 1. The average molecular weight is 548 g/mol. The van der Waals surface area contributed by atoms with Gasteiger partial charge in [-0.3, -0.25) is 24.1 Å². The first kappa shape index (κ1) is 31.8. The van der Waals surface area contributed by atoms with E-state index in [-0.39, 0.29) is 37.8 Å². The lowest BCUT2D eigenvalue weighted by Gasteiger charge is -2.13. The highest BCUT2D eigenvalue weighted by Crippen LogP contribution is 2.11. The number of aryl methyl sites for hydroxylation is 1. The number of carbonyl (C=O) groups excluding carboxylic acids is 5. The summed E-state index contributed by atoms with van der Waals surface area (Å²) in [6.07, 6.45) is 4.71. The minimum atomic E-state index is -0.403. The third kappa shape index (κ3) is 14.3. The van der Waals surface area contributed by atoms with Crippen molar-refractivity contribution in [3.8, 4) is 0 Å². The molecule has 2 N–H and O–H groups in total. The first-order valence-corrected chi connectivity index (χ1v) is 12.9. The molecule has 1 aliphatic heterocycles. The van der Waals surface area contributed by atoms with Crippen LogP contribution in [-0.2, 0) is 49.3 Å². The Kier molecular flexibility index (Phi) is 16.0. The fourth-order valence-electron chi connectivity index (χ4n) is 3.35. The largest absolute Gasteiger partial charge is 0.379 e. The number of nitrogens with one attached hydrogen (secondary N) is 2. The van der Waals surface area contributed by atoms with E-state index in [1.807, 2.05) is 24.3 Å². The Bertz CT molecular complexity index is 932. The fourth-order valence-corrected chi connectivity index (χ4v) is 3.35. The molecule has 1 heterocycles. The quantitative estimate of drug-likeness (QED) is 0.121. The predicted octanol–water partition coefficient (Wildman–Crippen LogP) is 0.644. The van der Waals surface area contributed by atoms with Crippen molar-refractivity contribution >= 4 is 35.6 Å². The van der Waals surface area contributed by atoms with Crippen LogP contribution in [0.2, 0.25) is 0 Å². The first-order valence-electron chi connectivity index (χ1n) is 12.9. The van der Waals surface area contributed by atoms with Crippen molar-refractivity contribution in [1.82, 2.24) is 10.2 Å². The van der Waals surface area contributed by atoms with Crippen molar-refractivity contribution in [1.29, 1.82) is 0 Å². The Morgan fingerprint density at radius 2 is 1.31 bits per heavy atom. The lowest BCUT2D eigenvalue weighted by molar-refractivity contribution is -0.137. The Morgan fingerprint density at radius 3 is 1.90 bits per heavy atom. The third-order valence-corrected chi connectivity index (χ3v) is 5.41. The molecule has 0 aromatic heterocycles. The van der Waals surface area contributed by atoms with Crippen LogP contribution in [0.3, 0.4) is 0 Å². The van der Waals surface area contributed by atoms with E-state index in [2.05, 4.69) is 10.6 Å². The topological polar surface area (TPSA) is 150 Å².